The van der Waals surface area contributed by atoms with Gasteiger partial charge in [-0.3, -0.25) is 15.1 Å². The monoisotopic (exact) mass is 249 g/mol. The van der Waals surface area contributed by atoms with E-state index in [9.17, 15) is 9.18 Å². The second-order valence-corrected chi connectivity index (χ2v) is 4.44. The fourth-order valence-electron chi connectivity index (χ4n) is 1.86. The number of carbonyl (C=O) groups is 1. The zero-order valence-corrected chi connectivity index (χ0v) is 10.5. The number of carbonyl (C=O) groups excluding carboxylic acids is 1. The van der Waals surface area contributed by atoms with Crippen molar-refractivity contribution < 1.29 is 9.18 Å². The van der Waals surface area contributed by atoms with Crippen molar-refractivity contribution in [3.8, 4) is 0 Å². The first-order valence-electron chi connectivity index (χ1n) is 5.96. The molecule has 2 N–H and O–H groups in total. The van der Waals surface area contributed by atoms with E-state index in [0.717, 1.165) is 6.42 Å². The highest BCUT2D eigenvalue weighted by Gasteiger charge is 2.42. The maximum atomic E-state index is 13.2. The highest BCUT2D eigenvalue weighted by Crippen LogP contribution is 2.24. The van der Waals surface area contributed by atoms with E-state index in [1.807, 2.05) is 6.92 Å². The number of guanidine groups is 1. The van der Waals surface area contributed by atoms with Crippen molar-refractivity contribution in [2.75, 3.05) is 6.54 Å². The number of amides is 1. The summed E-state index contributed by atoms with van der Waals surface area (Å²) in [4.78, 5) is 16.2. The summed E-state index contributed by atoms with van der Waals surface area (Å²) < 4.78 is 13.2. The average Bonchev–Trinajstić information content (AvgIpc) is 2.64. The minimum absolute atomic E-state index is 0.219. The van der Waals surface area contributed by atoms with Crippen molar-refractivity contribution in [2.45, 2.75) is 25.8 Å². The van der Waals surface area contributed by atoms with Gasteiger partial charge in [0.25, 0.3) is 5.91 Å². The topological polar surface area (TPSA) is 53.5 Å². The van der Waals surface area contributed by atoms with Gasteiger partial charge in [-0.1, -0.05) is 19.1 Å². The number of nitrogens with one attached hydrogen (secondary N) is 2. The fraction of sp³-hybridized carbons (Fsp3) is 0.385. The second-order valence-electron chi connectivity index (χ2n) is 4.44. The number of nitrogens with zero attached hydrogens (tertiary/aromatic N) is 1. The van der Waals surface area contributed by atoms with Crippen LogP contribution >= 0.6 is 0 Å². The van der Waals surface area contributed by atoms with Crippen LogP contribution in [0, 0.1) is 5.82 Å². The molecular weight excluding hydrogens is 233 g/mol. The van der Waals surface area contributed by atoms with Crippen LogP contribution < -0.4 is 10.6 Å². The second kappa shape index (κ2) is 4.76. The van der Waals surface area contributed by atoms with Crippen LogP contribution in [0.15, 0.2) is 29.3 Å². The molecule has 1 amide bonds. The molecular formula is C13H16FN3O. The summed E-state index contributed by atoms with van der Waals surface area (Å²) in [5, 5.41) is 5.69. The van der Waals surface area contributed by atoms with Gasteiger partial charge in [0.15, 0.2) is 5.96 Å². The normalized spacial score (nSPS) is 25.1. The summed E-state index contributed by atoms with van der Waals surface area (Å²) >= 11 is 0. The van der Waals surface area contributed by atoms with E-state index in [4.69, 9.17) is 0 Å². The van der Waals surface area contributed by atoms with Crippen LogP contribution in [0.5, 0.6) is 0 Å². The van der Waals surface area contributed by atoms with Gasteiger partial charge in [-0.05, 0) is 31.0 Å². The molecule has 0 spiro atoms. The molecule has 1 aromatic rings. The zero-order chi connectivity index (χ0) is 13.2. The van der Waals surface area contributed by atoms with Gasteiger partial charge in [0, 0.05) is 6.54 Å². The molecule has 2 rings (SSSR count). The molecule has 0 aromatic heterocycles. The predicted octanol–water partition coefficient (Wildman–Crippen LogP) is 1.53. The maximum Gasteiger partial charge on any atom is 0.256 e. The van der Waals surface area contributed by atoms with Crippen LogP contribution in [0.1, 0.15) is 25.8 Å². The number of hydrogen-bond donors (Lipinski definition) is 2. The molecule has 1 atom stereocenters. The molecule has 1 saturated heterocycles. The standard InChI is InChI=1S/C13H16FN3O/c1-3-7-15-12-16-11(18)13(2,17-12)9-5-4-6-10(14)8-9/h4-6,8H,3,7H2,1-2H3,(H2,15,16,17,18). The lowest BCUT2D eigenvalue weighted by Gasteiger charge is -2.21. The van der Waals surface area contributed by atoms with Crippen molar-refractivity contribution in [1.82, 2.24) is 10.6 Å². The number of aliphatic imine (C=N–C) groups is 1. The van der Waals surface area contributed by atoms with Crippen LogP contribution in [0.2, 0.25) is 0 Å². The summed E-state index contributed by atoms with van der Waals surface area (Å²) in [7, 11) is 0. The largest absolute Gasteiger partial charge is 0.338 e. The molecule has 18 heavy (non-hydrogen) atoms. The molecule has 1 aliphatic heterocycles. The van der Waals surface area contributed by atoms with Crippen molar-refractivity contribution in [3.05, 3.63) is 35.6 Å². The van der Waals surface area contributed by atoms with Gasteiger partial charge in [-0.2, -0.15) is 0 Å². The predicted molar refractivity (Wildman–Crippen MR) is 67.6 cm³/mol. The van der Waals surface area contributed by atoms with Crippen LogP contribution in [0.25, 0.3) is 0 Å². The van der Waals surface area contributed by atoms with Crippen LogP contribution in [-0.4, -0.2) is 18.4 Å². The van der Waals surface area contributed by atoms with E-state index in [1.165, 1.54) is 12.1 Å². The molecule has 0 bridgehead atoms. The molecule has 1 heterocycles. The average molecular weight is 249 g/mol. The highest BCUT2D eigenvalue weighted by atomic mass is 19.1. The highest BCUT2D eigenvalue weighted by molar-refractivity contribution is 6.09. The van der Waals surface area contributed by atoms with Crippen molar-refractivity contribution in [2.24, 2.45) is 4.99 Å². The van der Waals surface area contributed by atoms with Gasteiger partial charge < -0.3 is 5.32 Å². The maximum absolute atomic E-state index is 13.2. The smallest absolute Gasteiger partial charge is 0.256 e. The summed E-state index contributed by atoms with van der Waals surface area (Å²) in [5.74, 6) is -0.126. The third kappa shape index (κ3) is 2.20. The minimum Gasteiger partial charge on any atom is -0.338 e. The first-order chi connectivity index (χ1) is 8.56. The first-order valence-corrected chi connectivity index (χ1v) is 5.96. The molecule has 96 valence electrons. The summed E-state index contributed by atoms with van der Waals surface area (Å²) in [6.07, 6.45) is 0.901. The Balaban J connectivity index is 2.29. The Labute approximate surface area is 105 Å². The van der Waals surface area contributed by atoms with Gasteiger partial charge in [-0.25, -0.2) is 4.39 Å². The van der Waals surface area contributed by atoms with Crippen molar-refractivity contribution >= 4 is 11.9 Å². The lowest BCUT2D eigenvalue weighted by molar-refractivity contribution is -0.123. The van der Waals surface area contributed by atoms with E-state index in [0.29, 0.717) is 18.1 Å². The Kier molecular flexibility index (Phi) is 3.32. The fourth-order valence-corrected chi connectivity index (χ4v) is 1.86. The molecule has 0 saturated carbocycles. The van der Waals surface area contributed by atoms with E-state index in [1.54, 1.807) is 19.1 Å². The molecule has 1 aliphatic rings. The summed E-state index contributed by atoms with van der Waals surface area (Å²) in [5.41, 5.74) is -0.379. The number of hydrogen-bond acceptors (Lipinski definition) is 2. The van der Waals surface area contributed by atoms with Gasteiger partial charge in [0.2, 0.25) is 0 Å². The lowest BCUT2D eigenvalue weighted by Crippen LogP contribution is -2.40. The zero-order valence-electron chi connectivity index (χ0n) is 10.5. The quantitative estimate of drug-likeness (QED) is 0.853. The molecule has 5 heteroatoms. The molecule has 1 fully saturated rings. The molecule has 1 unspecified atom stereocenters. The Morgan fingerprint density at radius 1 is 1.44 bits per heavy atom. The Hall–Kier alpha value is -1.91. The first kappa shape index (κ1) is 12.5. The Morgan fingerprint density at radius 3 is 2.89 bits per heavy atom. The van der Waals surface area contributed by atoms with Crippen molar-refractivity contribution in [3.63, 3.8) is 0 Å². The number of halogens is 1. The van der Waals surface area contributed by atoms with Gasteiger partial charge >= 0.3 is 0 Å². The van der Waals surface area contributed by atoms with E-state index < -0.39 is 5.54 Å². The van der Waals surface area contributed by atoms with E-state index in [2.05, 4.69) is 15.6 Å². The SMILES string of the molecule is CCCN=C1NC(=O)C(C)(c2cccc(F)c2)N1. The van der Waals surface area contributed by atoms with Gasteiger partial charge in [0.05, 0.1) is 0 Å². The minimum atomic E-state index is -0.964. The number of benzene rings is 1. The molecule has 1 aromatic carbocycles. The third-order valence-corrected chi connectivity index (χ3v) is 2.95. The summed E-state index contributed by atoms with van der Waals surface area (Å²) in [6, 6.07) is 6.02. The Morgan fingerprint density at radius 2 is 2.22 bits per heavy atom. The number of rotatable bonds is 3. The van der Waals surface area contributed by atoms with Crippen LogP contribution in [0.4, 0.5) is 4.39 Å². The van der Waals surface area contributed by atoms with Gasteiger partial charge in [0.1, 0.15) is 11.4 Å². The summed E-state index contributed by atoms with van der Waals surface area (Å²) in [6.45, 7) is 4.36. The van der Waals surface area contributed by atoms with Crippen LogP contribution in [0.3, 0.4) is 0 Å². The Bertz CT molecular complexity index is 501. The van der Waals surface area contributed by atoms with E-state index >= 15 is 0 Å². The van der Waals surface area contributed by atoms with Gasteiger partial charge in [-0.15, -0.1) is 0 Å². The van der Waals surface area contributed by atoms with Crippen molar-refractivity contribution in [1.29, 1.82) is 0 Å². The van der Waals surface area contributed by atoms with Crippen LogP contribution in [-0.2, 0) is 10.3 Å². The molecule has 0 radical (unpaired) electrons. The molecule has 4 nitrogen and oxygen atoms in total. The third-order valence-electron chi connectivity index (χ3n) is 2.95. The molecule has 0 aliphatic carbocycles. The van der Waals surface area contributed by atoms with E-state index in [-0.39, 0.29) is 11.7 Å². The lowest BCUT2D eigenvalue weighted by atomic mass is 9.92.